The van der Waals surface area contributed by atoms with Gasteiger partial charge in [-0.05, 0) is 26.3 Å². The van der Waals surface area contributed by atoms with Gasteiger partial charge in [-0.25, -0.2) is 10.8 Å². The van der Waals surface area contributed by atoms with Crippen molar-refractivity contribution in [3.8, 4) is 0 Å². The lowest BCUT2D eigenvalue weighted by molar-refractivity contribution is -0.384. The predicted molar refractivity (Wildman–Crippen MR) is 77.9 cm³/mol. The van der Waals surface area contributed by atoms with E-state index >= 15 is 0 Å². The number of nitrogen functional groups attached to an aromatic ring is 1. The highest BCUT2D eigenvalue weighted by Crippen LogP contribution is 2.32. The lowest BCUT2D eigenvalue weighted by Crippen LogP contribution is -2.55. The van der Waals surface area contributed by atoms with Crippen LogP contribution in [0.4, 0.5) is 17.5 Å². The van der Waals surface area contributed by atoms with E-state index < -0.39 is 4.92 Å². The number of rotatable bonds is 3. The molecule has 0 spiro atoms. The number of anilines is 2. The summed E-state index contributed by atoms with van der Waals surface area (Å²) < 4.78 is 0. The second-order valence-corrected chi connectivity index (χ2v) is 5.60. The van der Waals surface area contributed by atoms with Gasteiger partial charge in [0, 0.05) is 25.2 Å². The summed E-state index contributed by atoms with van der Waals surface area (Å²) in [5.74, 6) is 5.86. The number of nitrogens with two attached hydrogens (primary N) is 1. The van der Waals surface area contributed by atoms with E-state index in [0.717, 1.165) is 26.1 Å². The van der Waals surface area contributed by atoms with Gasteiger partial charge in [0.05, 0.1) is 4.92 Å². The van der Waals surface area contributed by atoms with Crippen molar-refractivity contribution < 1.29 is 4.92 Å². The van der Waals surface area contributed by atoms with Crippen LogP contribution in [0, 0.1) is 10.1 Å². The third-order valence-electron chi connectivity index (χ3n) is 4.29. The van der Waals surface area contributed by atoms with E-state index in [1.54, 1.807) is 0 Å². The zero-order valence-corrected chi connectivity index (χ0v) is 11.9. The van der Waals surface area contributed by atoms with Gasteiger partial charge in [0.25, 0.3) is 0 Å². The molecule has 2 saturated heterocycles. The summed E-state index contributed by atoms with van der Waals surface area (Å²) in [4.78, 5) is 23.3. The van der Waals surface area contributed by atoms with Gasteiger partial charge in [-0.2, -0.15) is 4.98 Å². The molecule has 0 aliphatic carbocycles. The van der Waals surface area contributed by atoms with Crippen LogP contribution in [-0.2, 0) is 0 Å². The van der Waals surface area contributed by atoms with Crippen molar-refractivity contribution in [1.82, 2.24) is 14.9 Å². The summed E-state index contributed by atoms with van der Waals surface area (Å²) in [7, 11) is 0. The van der Waals surface area contributed by atoms with Crippen molar-refractivity contribution in [2.24, 2.45) is 5.84 Å². The third kappa shape index (κ3) is 2.49. The van der Waals surface area contributed by atoms with Crippen LogP contribution in [0.15, 0.2) is 6.20 Å². The molecule has 0 aromatic carbocycles. The number of fused-ring (bicyclic) bond motifs is 1. The van der Waals surface area contributed by atoms with Crippen molar-refractivity contribution in [3.63, 3.8) is 0 Å². The zero-order chi connectivity index (χ0) is 15.0. The average Bonchev–Trinajstić information content (AvgIpc) is 2.92. The Balaban J connectivity index is 1.95. The minimum Gasteiger partial charge on any atom is -0.345 e. The third-order valence-corrected chi connectivity index (χ3v) is 4.29. The normalized spacial score (nSPS) is 25.7. The van der Waals surface area contributed by atoms with Gasteiger partial charge in [-0.3, -0.25) is 20.4 Å². The molecule has 1 aromatic heterocycles. The maximum atomic E-state index is 11.2. The highest BCUT2D eigenvalue weighted by Gasteiger charge is 2.37. The Hall–Kier alpha value is -2.00. The first-order valence-electron chi connectivity index (χ1n) is 7.09. The van der Waals surface area contributed by atoms with Crippen molar-refractivity contribution in [2.75, 3.05) is 30.0 Å². The van der Waals surface area contributed by atoms with E-state index in [1.165, 1.54) is 12.6 Å². The smallest absolute Gasteiger partial charge is 0.329 e. The summed E-state index contributed by atoms with van der Waals surface area (Å²) in [6, 6.07) is 0.614. The molecular formula is C12H19N7O2. The van der Waals surface area contributed by atoms with E-state index in [1.807, 2.05) is 4.90 Å². The van der Waals surface area contributed by atoms with Gasteiger partial charge in [-0.15, -0.1) is 0 Å². The second-order valence-electron chi connectivity index (χ2n) is 5.60. The van der Waals surface area contributed by atoms with Gasteiger partial charge in [0.15, 0.2) is 0 Å². The fraction of sp³-hybridized carbons (Fsp3) is 0.667. The predicted octanol–water partition coefficient (Wildman–Crippen LogP) is 0.343. The molecule has 9 heteroatoms. The lowest BCUT2D eigenvalue weighted by atomic mass is 10.1. The van der Waals surface area contributed by atoms with Crippen molar-refractivity contribution in [2.45, 2.75) is 31.8 Å². The van der Waals surface area contributed by atoms with E-state index in [-0.39, 0.29) is 17.7 Å². The van der Waals surface area contributed by atoms with Gasteiger partial charge < -0.3 is 4.90 Å². The van der Waals surface area contributed by atoms with E-state index in [9.17, 15) is 10.1 Å². The molecule has 3 rings (SSSR count). The maximum Gasteiger partial charge on any atom is 0.329 e. The monoisotopic (exact) mass is 293 g/mol. The van der Waals surface area contributed by atoms with Crippen molar-refractivity contribution in [1.29, 1.82) is 0 Å². The molecule has 114 valence electrons. The fourth-order valence-electron chi connectivity index (χ4n) is 3.26. The van der Waals surface area contributed by atoms with Crippen molar-refractivity contribution in [3.05, 3.63) is 16.3 Å². The quantitative estimate of drug-likeness (QED) is 0.466. The number of hydrazine groups is 1. The molecule has 0 radical (unpaired) electrons. The molecule has 2 atom stereocenters. The largest absolute Gasteiger partial charge is 0.345 e. The first kappa shape index (κ1) is 14.0. The maximum absolute atomic E-state index is 11.2. The molecule has 2 fully saturated rings. The number of hydrogen-bond acceptors (Lipinski definition) is 8. The summed E-state index contributed by atoms with van der Waals surface area (Å²) in [6.07, 6.45) is 3.53. The lowest BCUT2D eigenvalue weighted by Gasteiger charge is -2.42. The number of hydrogen-bond donors (Lipinski definition) is 2. The van der Waals surface area contributed by atoms with Crippen LogP contribution in [0.2, 0.25) is 0 Å². The number of nitro groups is 1. The highest BCUT2D eigenvalue weighted by molar-refractivity contribution is 5.60. The van der Waals surface area contributed by atoms with Gasteiger partial charge >= 0.3 is 5.69 Å². The molecule has 21 heavy (non-hydrogen) atoms. The van der Waals surface area contributed by atoms with E-state index in [0.29, 0.717) is 11.9 Å². The standard InChI is InChI=1S/C12H19N7O2/c1-8-6-17-4-2-3-9(17)7-18(8)11-10(19(20)21)5-14-12(15-11)16-13/h5,8-9H,2-4,6-7,13H2,1H3,(H,14,15,16). The molecule has 3 heterocycles. The molecule has 0 saturated carbocycles. The average molecular weight is 293 g/mol. The Morgan fingerprint density at radius 3 is 3.05 bits per heavy atom. The van der Waals surface area contributed by atoms with Crippen LogP contribution in [0.5, 0.6) is 0 Å². The fourth-order valence-corrected chi connectivity index (χ4v) is 3.26. The number of nitrogens with zero attached hydrogens (tertiary/aromatic N) is 5. The first-order valence-corrected chi connectivity index (χ1v) is 7.09. The van der Waals surface area contributed by atoms with Crippen molar-refractivity contribution >= 4 is 17.5 Å². The molecule has 9 nitrogen and oxygen atoms in total. The van der Waals surface area contributed by atoms with Crippen LogP contribution < -0.4 is 16.2 Å². The van der Waals surface area contributed by atoms with Crippen LogP contribution in [-0.4, -0.2) is 51.5 Å². The molecule has 2 aliphatic rings. The van der Waals surface area contributed by atoms with E-state index in [2.05, 4.69) is 27.2 Å². The van der Waals surface area contributed by atoms with Crippen LogP contribution in [0.1, 0.15) is 19.8 Å². The molecule has 3 N–H and O–H groups in total. The Bertz CT molecular complexity index is 552. The van der Waals surface area contributed by atoms with Gasteiger partial charge in [0.2, 0.25) is 11.8 Å². The Morgan fingerprint density at radius 2 is 2.33 bits per heavy atom. The number of piperazine rings is 1. The van der Waals surface area contributed by atoms with Gasteiger partial charge in [0.1, 0.15) is 6.20 Å². The summed E-state index contributed by atoms with van der Waals surface area (Å²) in [5, 5.41) is 11.2. The zero-order valence-electron chi connectivity index (χ0n) is 11.9. The summed E-state index contributed by atoms with van der Waals surface area (Å²) in [5.41, 5.74) is 2.28. The summed E-state index contributed by atoms with van der Waals surface area (Å²) in [6.45, 7) is 4.83. The SMILES string of the molecule is CC1CN2CCCC2CN1c1nc(NN)ncc1[N+](=O)[O-]. The number of aromatic nitrogens is 2. The Labute approximate surface area is 122 Å². The number of nitrogens with one attached hydrogen (secondary N) is 1. The van der Waals surface area contributed by atoms with Crippen LogP contribution in [0.3, 0.4) is 0 Å². The molecule has 2 unspecified atom stereocenters. The highest BCUT2D eigenvalue weighted by atomic mass is 16.6. The summed E-state index contributed by atoms with van der Waals surface area (Å²) >= 11 is 0. The second kappa shape index (κ2) is 5.41. The van der Waals surface area contributed by atoms with E-state index in [4.69, 9.17) is 5.84 Å². The molecule has 0 amide bonds. The topological polar surface area (TPSA) is 113 Å². The minimum absolute atomic E-state index is 0.0766. The van der Waals surface area contributed by atoms with Crippen LogP contribution >= 0.6 is 0 Å². The van der Waals surface area contributed by atoms with Crippen LogP contribution in [0.25, 0.3) is 0 Å². The Morgan fingerprint density at radius 1 is 1.52 bits per heavy atom. The molecule has 2 aliphatic heterocycles. The van der Waals surface area contributed by atoms with Gasteiger partial charge in [-0.1, -0.05) is 0 Å². The minimum atomic E-state index is -0.441. The molecule has 0 bridgehead atoms. The molecular weight excluding hydrogens is 274 g/mol. The first-order chi connectivity index (χ1) is 10.1. The molecule has 1 aromatic rings. The Kier molecular flexibility index (Phi) is 3.60.